The molecule has 19 heavy (non-hydrogen) atoms. The molecule has 0 amide bonds. The molecule has 2 N–H and O–H groups in total. The Balaban J connectivity index is 2.15. The molecule has 1 aromatic heterocycles. The van der Waals surface area contributed by atoms with Crippen LogP contribution >= 0.6 is 0 Å². The van der Waals surface area contributed by atoms with Crippen molar-refractivity contribution < 1.29 is 23.9 Å². The molecule has 0 aliphatic carbocycles. The van der Waals surface area contributed by atoms with Gasteiger partial charge in [-0.05, 0) is 6.07 Å². The van der Waals surface area contributed by atoms with Gasteiger partial charge in [-0.25, -0.2) is 4.79 Å². The Morgan fingerprint density at radius 2 is 2.16 bits per heavy atom. The van der Waals surface area contributed by atoms with E-state index < -0.39 is 5.97 Å². The molecule has 0 aliphatic rings. The van der Waals surface area contributed by atoms with Crippen LogP contribution in [0.5, 0.6) is 0 Å². The summed E-state index contributed by atoms with van der Waals surface area (Å²) >= 11 is 0. The van der Waals surface area contributed by atoms with Crippen molar-refractivity contribution >= 4 is 16.9 Å². The van der Waals surface area contributed by atoms with E-state index in [1.54, 1.807) is 19.2 Å². The third kappa shape index (κ3) is 3.11. The zero-order valence-electron chi connectivity index (χ0n) is 10.5. The first-order valence-corrected chi connectivity index (χ1v) is 5.81. The van der Waals surface area contributed by atoms with Crippen molar-refractivity contribution in [2.45, 2.75) is 6.54 Å². The normalized spacial score (nSPS) is 11.0. The Morgan fingerprint density at radius 1 is 1.37 bits per heavy atom. The molecule has 0 radical (unpaired) electrons. The van der Waals surface area contributed by atoms with Gasteiger partial charge in [-0.2, -0.15) is 5.48 Å². The molecule has 0 saturated carbocycles. The van der Waals surface area contributed by atoms with Gasteiger partial charge in [0.25, 0.3) is 0 Å². The SMILES string of the molecule is COCCONCc1c(C(=O)O)oc2ccccc12. The first-order valence-electron chi connectivity index (χ1n) is 5.81. The maximum atomic E-state index is 11.1. The number of hydroxylamine groups is 1. The fourth-order valence-corrected chi connectivity index (χ4v) is 1.77. The molecule has 0 atom stereocenters. The minimum absolute atomic E-state index is 0.0657. The molecular weight excluding hydrogens is 250 g/mol. The number of para-hydroxylation sites is 1. The van der Waals surface area contributed by atoms with Crippen molar-refractivity contribution in [3.63, 3.8) is 0 Å². The predicted molar refractivity (Wildman–Crippen MR) is 67.8 cm³/mol. The second-order valence-electron chi connectivity index (χ2n) is 3.87. The fourth-order valence-electron chi connectivity index (χ4n) is 1.77. The van der Waals surface area contributed by atoms with Gasteiger partial charge in [0.2, 0.25) is 5.76 Å². The second-order valence-corrected chi connectivity index (χ2v) is 3.87. The number of carboxylic acid groups (broad SMARTS) is 1. The Bertz CT molecular complexity index is 563. The van der Waals surface area contributed by atoms with Gasteiger partial charge in [0.05, 0.1) is 19.8 Å². The Morgan fingerprint density at radius 3 is 2.89 bits per heavy atom. The summed E-state index contributed by atoms with van der Waals surface area (Å²) in [6.45, 7) is 1.10. The van der Waals surface area contributed by atoms with Crippen molar-refractivity contribution in [1.82, 2.24) is 5.48 Å². The summed E-state index contributed by atoms with van der Waals surface area (Å²) in [5, 5.41) is 9.89. The number of benzene rings is 1. The molecular formula is C13H15NO5. The van der Waals surface area contributed by atoms with Crippen molar-refractivity contribution in [3.05, 3.63) is 35.6 Å². The average molecular weight is 265 g/mol. The highest BCUT2D eigenvalue weighted by Gasteiger charge is 2.19. The number of carboxylic acids is 1. The molecule has 0 spiro atoms. The van der Waals surface area contributed by atoms with Crippen molar-refractivity contribution in [3.8, 4) is 0 Å². The van der Waals surface area contributed by atoms with Gasteiger partial charge in [-0.15, -0.1) is 0 Å². The largest absolute Gasteiger partial charge is 0.475 e. The third-order valence-corrected chi connectivity index (χ3v) is 2.63. The molecule has 102 valence electrons. The summed E-state index contributed by atoms with van der Waals surface area (Å²) in [7, 11) is 1.58. The first kappa shape index (κ1) is 13.5. The number of ether oxygens (including phenoxy) is 1. The number of fused-ring (bicyclic) bond motifs is 1. The number of hydrogen-bond donors (Lipinski definition) is 2. The summed E-state index contributed by atoms with van der Waals surface area (Å²) in [4.78, 5) is 16.3. The molecule has 2 aromatic rings. The molecule has 2 rings (SSSR count). The number of methoxy groups -OCH3 is 1. The quantitative estimate of drug-likeness (QED) is 0.587. The van der Waals surface area contributed by atoms with E-state index in [9.17, 15) is 4.79 Å². The second kappa shape index (κ2) is 6.33. The van der Waals surface area contributed by atoms with Crippen LogP contribution in [0.2, 0.25) is 0 Å². The smallest absolute Gasteiger partial charge is 0.372 e. The van der Waals surface area contributed by atoms with Crippen LogP contribution in [0.4, 0.5) is 0 Å². The van der Waals surface area contributed by atoms with E-state index in [0.29, 0.717) is 24.4 Å². The lowest BCUT2D eigenvalue weighted by Crippen LogP contribution is -2.18. The van der Waals surface area contributed by atoms with Crippen LogP contribution in [-0.2, 0) is 16.1 Å². The summed E-state index contributed by atoms with van der Waals surface area (Å²) in [6.07, 6.45) is 0. The van der Waals surface area contributed by atoms with Crippen LogP contribution in [0, 0.1) is 0 Å². The van der Waals surface area contributed by atoms with Gasteiger partial charge in [0.1, 0.15) is 5.58 Å². The lowest BCUT2D eigenvalue weighted by Gasteiger charge is -2.04. The van der Waals surface area contributed by atoms with Crippen molar-refractivity contribution in [2.75, 3.05) is 20.3 Å². The van der Waals surface area contributed by atoms with Gasteiger partial charge in [0.15, 0.2) is 0 Å². The number of rotatable bonds is 7. The van der Waals surface area contributed by atoms with E-state index in [2.05, 4.69) is 5.48 Å². The minimum Gasteiger partial charge on any atom is -0.475 e. The van der Waals surface area contributed by atoms with Crippen LogP contribution in [-0.4, -0.2) is 31.4 Å². The maximum absolute atomic E-state index is 11.1. The first-order chi connectivity index (χ1) is 9.24. The molecule has 0 bridgehead atoms. The van der Waals surface area contributed by atoms with Crippen LogP contribution in [0.25, 0.3) is 11.0 Å². The summed E-state index contributed by atoms with van der Waals surface area (Å²) in [5.74, 6) is -1.16. The van der Waals surface area contributed by atoms with Crippen molar-refractivity contribution in [2.24, 2.45) is 0 Å². The number of furan rings is 1. The van der Waals surface area contributed by atoms with Crippen LogP contribution in [0.1, 0.15) is 16.1 Å². The Hall–Kier alpha value is -1.89. The van der Waals surface area contributed by atoms with Gasteiger partial charge < -0.3 is 14.3 Å². The average Bonchev–Trinajstić information content (AvgIpc) is 2.78. The summed E-state index contributed by atoms with van der Waals surface area (Å²) in [6, 6.07) is 7.18. The third-order valence-electron chi connectivity index (χ3n) is 2.63. The van der Waals surface area contributed by atoms with E-state index >= 15 is 0 Å². The molecule has 6 heteroatoms. The van der Waals surface area contributed by atoms with Gasteiger partial charge in [0, 0.05) is 18.1 Å². The molecule has 0 aliphatic heterocycles. The van der Waals surface area contributed by atoms with E-state index in [-0.39, 0.29) is 12.3 Å². The molecule has 0 fully saturated rings. The fraction of sp³-hybridized carbons (Fsp3) is 0.308. The van der Waals surface area contributed by atoms with Gasteiger partial charge in [-0.3, -0.25) is 4.84 Å². The topological polar surface area (TPSA) is 80.9 Å². The maximum Gasteiger partial charge on any atom is 0.372 e. The number of aromatic carboxylic acids is 1. The molecule has 1 aromatic carbocycles. The van der Waals surface area contributed by atoms with Crippen LogP contribution < -0.4 is 5.48 Å². The van der Waals surface area contributed by atoms with Gasteiger partial charge in [-0.1, -0.05) is 18.2 Å². The molecule has 0 unspecified atom stereocenters. The summed E-state index contributed by atoms with van der Waals surface area (Å²) in [5.41, 5.74) is 3.83. The van der Waals surface area contributed by atoms with Gasteiger partial charge >= 0.3 is 5.97 Å². The number of carbonyl (C=O) groups is 1. The zero-order valence-corrected chi connectivity index (χ0v) is 10.5. The number of hydrogen-bond acceptors (Lipinski definition) is 5. The van der Waals surface area contributed by atoms with E-state index in [4.69, 9.17) is 19.1 Å². The van der Waals surface area contributed by atoms with E-state index in [1.807, 2.05) is 12.1 Å². The zero-order chi connectivity index (χ0) is 13.7. The summed E-state index contributed by atoms with van der Waals surface area (Å²) < 4.78 is 10.2. The number of nitrogens with one attached hydrogen (secondary N) is 1. The minimum atomic E-state index is -1.09. The molecule has 1 heterocycles. The monoisotopic (exact) mass is 265 g/mol. The standard InChI is InChI=1S/C13H15NO5/c1-17-6-7-18-14-8-10-9-4-2-3-5-11(9)19-12(10)13(15)16/h2-5,14H,6-8H2,1H3,(H,15,16). The highest BCUT2D eigenvalue weighted by Crippen LogP contribution is 2.25. The highest BCUT2D eigenvalue weighted by atomic mass is 16.7. The van der Waals surface area contributed by atoms with Crippen LogP contribution in [0.15, 0.2) is 28.7 Å². The lowest BCUT2D eigenvalue weighted by atomic mass is 10.1. The lowest BCUT2D eigenvalue weighted by molar-refractivity contribution is 0.00334. The van der Waals surface area contributed by atoms with E-state index in [0.717, 1.165) is 5.39 Å². The van der Waals surface area contributed by atoms with E-state index in [1.165, 1.54) is 0 Å². The molecule has 0 saturated heterocycles. The Labute approximate surface area is 109 Å². The Kier molecular flexibility index (Phi) is 4.51. The van der Waals surface area contributed by atoms with Crippen molar-refractivity contribution in [1.29, 1.82) is 0 Å². The predicted octanol–water partition coefficient (Wildman–Crippen LogP) is 1.80. The van der Waals surface area contributed by atoms with Crippen LogP contribution in [0.3, 0.4) is 0 Å². The molecule has 6 nitrogen and oxygen atoms in total. The highest BCUT2D eigenvalue weighted by molar-refractivity contribution is 5.95.